The van der Waals surface area contributed by atoms with Gasteiger partial charge in [0.2, 0.25) is 12.0 Å². The van der Waals surface area contributed by atoms with Gasteiger partial charge in [0.1, 0.15) is 0 Å². The SMILES string of the molecule is CC(OP=O)Oc1cc(Cl)ccc1[N+](=O)[O-]. The molecular weight excluding hydrogens is 257 g/mol. The maximum Gasteiger partial charge on any atom is 0.330 e. The molecule has 0 aromatic heterocycles. The standard InChI is InChI=1S/C8H7ClNO5P/c1-5(15-16-13)14-8-4-6(9)2-3-7(8)10(11)12/h2-5H,1H3. The van der Waals surface area contributed by atoms with Gasteiger partial charge in [-0.05, 0) is 13.0 Å². The number of hydrogen-bond donors (Lipinski definition) is 0. The molecule has 0 bridgehead atoms. The van der Waals surface area contributed by atoms with Crippen molar-refractivity contribution in [1.29, 1.82) is 0 Å². The van der Waals surface area contributed by atoms with E-state index in [1.807, 2.05) is 0 Å². The van der Waals surface area contributed by atoms with Crippen molar-refractivity contribution in [3.05, 3.63) is 33.3 Å². The van der Waals surface area contributed by atoms with Crippen LogP contribution in [0.3, 0.4) is 0 Å². The Hall–Kier alpha value is -1.23. The Kier molecular flexibility index (Phi) is 4.61. The molecule has 6 nitrogen and oxygen atoms in total. The van der Waals surface area contributed by atoms with Crippen LogP contribution in [0.15, 0.2) is 18.2 Å². The first kappa shape index (κ1) is 12.8. The fraction of sp³-hybridized carbons (Fsp3) is 0.250. The second kappa shape index (κ2) is 5.75. The molecular formula is C8H7ClNO5P. The average Bonchev–Trinajstić information content (AvgIpc) is 2.17. The van der Waals surface area contributed by atoms with Crippen LogP contribution >= 0.6 is 20.3 Å². The average molecular weight is 264 g/mol. The number of ether oxygens (including phenoxy) is 1. The minimum atomic E-state index is -0.878. The summed E-state index contributed by atoms with van der Waals surface area (Å²) in [6.07, 6.45) is -0.878. The second-order valence-corrected chi connectivity index (χ2v) is 3.53. The quantitative estimate of drug-likeness (QED) is 0.353. The lowest BCUT2D eigenvalue weighted by Gasteiger charge is -2.11. The van der Waals surface area contributed by atoms with Crippen LogP contribution in [0.2, 0.25) is 5.02 Å². The number of nitro groups is 1. The van der Waals surface area contributed by atoms with Crippen molar-refractivity contribution >= 4 is 26.0 Å². The smallest absolute Gasteiger partial charge is 0.330 e. The molecule has 0 radical (unpaired) electrons. The predicted octanol–water partition coefficient (Wildman–Crippen LogP) is 3.20. The van der Waals surface area contributed by atoms with E-state index in [-0.39, 0.29) is 11.4 Å². The number of rotatable bonds is 5. The summed E-state index contributed by atoms with van der Waals surface area (Å²) in [5, 5.41) is 10.9. The second-order valence-electron chi connectivity index (χ2n) is 2.73. The predicted molar refractivity (Wildman–Crippen MR) is 56.9 cm³/mol. The Morgan fingerprint density at radius 3 is 2.81 bits per heavy atom. The van der Waals surface area contributed by atoms with Crippen LogP contribution in [0.1, 0.15) is 6.92 Å². The topological polar surface area (TPSA) is 78.7 Å². The largest absolute Gasteiger partial charge is 0.457 e. The van der Waals surface area contributed by atoms with Crippen LogP contribution in [0.25, 0.3) is 0 Å². The first-order valence-corrected chi connectivity index (χ1v) is 5.24. The third-order valence-electron chi connectivity index (χ3n) is 1.60. The number of benzene rings is 1. The highest BCUT2D eigenvalue weighted by Gasteiger charge is 2.17. The molecule has 8 heteroatoms. The zero-order valence-electron chi connectivity index (χ0n) is 8.12. The highest BCUT2D eigenvalue weighted by molar-refractivity contribution is 7.17. The van der Waals surface area contributed by atoms with E-state index < -0.39 is 19.9 Å². The molecule has 0 aliphatic carbocycles. The van der Waals surface area contributed by atoms with Gasteiger partial charge in [-0.3, -0.25) is 14.6 Å². The van der Waals surface area contributed by atoms with Crippen molar-refractivity contribution < 1.29 is 18.7 Å². The third kappa shape index (κ3) is 3.41. The zero-order valence-corrected chi connectivity index (χ0v) is 9.77. The molecule has 1 atom stereocenters. The summed E-state index contributed by atoms with van der Waals surface area (Å²) in [5.41, 5.74) is -0.234. The lowest BCUT2D eigenvalue weighted by atomic mass is 10.3. The van der Waals surface area contributed by atoms with E-state index in [2.05, 4.69) is 4.52 Å². The minimum Gasteiger partial charge on any atom is -0.457 e. The summed E-state index contributed by atoms with van der Waals surface area (Å²) in [6.45, 7) is 1.45. The Morgan fingerprint density at radius 1 is 1.56 bits per heavy atom. The van der Waals surface area contributed by atoms with Gasteiger partial charge < -0.3 is 4.74 Å². The zero-order chi connectivity index (χ0) is 12.1. The van der Waals surface area contributed by atoms with Crippen molar-refractivity contribution in [3.8, 4) is 5.75 Å². The molecule has 0 aliphatic rings. The van der Waals surface area contributed by atoms with Gasteiger partial charge in [-0.25, -0.2) is 4.57 Å². The molecule has 1 aromatic carbocycles. The van der Waals surface area contributed by atoms with Crippen molar-refractivity contribution in [2.45, 2.75) is 13.2 Å². The van der Waals surface area contributed by atoms with Crippen molar-refractivity contribution in [2.75, 3.05) is 0 Å². The van der Waals surface area contributed by atoms with Gasteiger partial charge in [-0.15, -0.1) is 0 Å². The highest BCUT2D eigenvalue weighted by Crippen LogP contribution is 2.31. The summed E-state index contributed by atoms with van der Waals surface area (Å²) in [5.74, 6) is -0.0337. The summed E-state index contributed by atoms with van der Waals surface area (Å²) >= 11 is 5.68. The van der Waals surface area contributed by atoms with Crippen LogP contribution in [0, 0.1) is 10.1 Å². The maximum atomic E-state index is 10.7. The summed E-state index contributed by atoms with van der Waals surface area (Å²) in [6, 6.07) is 3.89. The number of nitro benzene ring substituents is 1. The Morgan fingerprint density at radius 2 is 2.25 bits per heavy atom. The highest BCUT2D eigenvalue weighted by atomic mass is 35.5. The monoisotopic (exact) mass is 263 g/mol. The van der Waals surface area contributed by atoms with Crippen LogP contribution in [0.4, 0.5) is 5.69 Å². The molecule has 1 rings (SSSR count). The van der Waals surface area contributed by atoms with Crippen LogP contribution in [-0.4, -0.2) is 11.2 Å². The number of nitrogens with zero attached hydrogens (tertiary/aromatic N) is 1. The van der Waals surface area contributed by atoms with E-state index in [9.17, 15) is 14.7 Å². The van der Waals surface area contributed by atoms with Gasteiger partial charge in [0, 0.05) is 17.2 Å². The summed E-state index contributed by atoms with van der Waals surface area (Å²) < 4.78 is 19.7. The molecule has 0 fully saturated rings. The lowest BCUT2D eigenvalue weighted by molar-refractivity contribution is -0.386. The molecule has 0 aliphatic heterocycles. The molecule has 86 valence electrons. The maximum absolute atomic E-state index is 10.7. The van der Waals surface area contributed by atoms with E-state index in [1.165, 1.54) is 25.1 Å². The van der Waals surface area contributed by atoms with Crippen LogP contribution in [0.5, 0.6) is 5.75 Å². The van der Waals surface area contributed by atoms with E-state index in [1.54, 1.807) is 0 Å². The third-order valence-corrected chi connectivity index (χ3v) is 2.22. The molecule has 0 amide bonds. The van der Waals surface area contributed by atoms with Gasteiger partial charge in [0.15, 0.2) is 0 Å². The van der Waals surface area contributed by atoms with E-state index in [0.29, 0.717) is 5.02 Å². The van der Waals surface area contributed by atoms with Crippen molar-refractivity contribution in [1.82, 2.24) is 0 Å². The Bertz CT molecular complexity index is 413. The normalized spacial score (nSPS) is 12.4. The summed E-state index contributed by atoms with van der Waals surface area (Å²) in [7, 11) is -0.565. The first-order chi connectivity index (χ1) is 7.54. The Balaban J connectivity index is 2.96. The Labute approximate surface area is 97.6 Å². The number of halogens is 1. The first-order valence-electron chi connectivity index (χ1n) is 4.13. The molecule has 0 saturated heterocycles. The minimum absolute atomic E-state index is 0.0337. The van der Waals surface area contributed by atoms with Gasteiger partial charge >= 0.3 is 14.4 Å². The van der Waals surface area contributed by atoms with Gasteiger partial charge in [0.05, 0.1) is 4.92 Å². The summed E-state index contributed by atoms with van der Waals surface area (Å²) in [4.78, 5) is 10.0. The van der Waals surface area contributed by atoms with Gasteiger partial charge in [-0.1, -0.05) is 11.6 Å². The van der Waals surface area contributed by atoms with Crippen LogP contribution < -0.4 is 4.74 Å². The van der Waals surface area contributed by atoms with E-state index in [4.69, 9.17) is 16.3 Å². The molecule has 1 aromatic rings. The van der Waals surface area contributed by atoms with Gasteiger partial charge in [-0.2, -0.15) is 0 Å². The van der Waals surface area contributed by atoms with Crippen molar-refractivity contribution in [3.63, 3.8) is 0 Å². The molecule has 1 unspecified atom stereocenters. The van der Waals surface area contributed by atoms with Crippen LogP contribution in [-0.2, 0) is 9.09 Å². The van der Waals surface area contributed by atoms with E-state index in [0.717, 1.165) is 0 Å². The molecule has 0 saturated carbocycles. The molecule has 16 heavy (non-hydrogen) atoms. The fourth-order valence-corrected chi connectivity index (χ4v) is 1.32. The lowest BCUT2D eigenvalue weighted by Crippen LogP contribution is -2.12. The molecule has 0 heterocycles. The number of hydrogen-bond acceptors (Lipinski definition) is 5. The molecule has 0 spiro atoms. The van der Waals surface area contributed by atoms with Gasteiger partial charge in [0.25, 0.3) is 0 Å². The molecule has 0 N–H and O–H groups in total. The van der Waals surface area contributed by atoms with Crippen molar-refractivity contribution in [2.24, 2.45) is 0 Å². The van der Waals surface area contributed by atoms with E-state index >= 15 is 0 Å². The fourth-order valence-electron chi connectivity index (χ4n) is 0.994.